The van der Waals surface area contributed by atoms with E-state index in [2.05, 4.69) is 23.3 Å². The topological polar surface area (TPSA) is 42.0 Å². The van der Waals surface area contributed by atoms with Crippen molar-refractivity contribution >= 4 is 5.91 Å². The van der Waals surface area contributed by atoms with Gasteiger partial charge in [-0.05, 0) is 50.0 Å². The number of rotatable bonds is 3. The Bertz CT molecular complexity index is 609. The number of nitrogens with zero attached hydrogens (tertiary/aromatic N) is 1. The molecular weight excluding hydrogens is 248 g/mol. The molecule has 1 amide bonds. The summed E-state index contributed by atoms with van der Waals surface area (Å²) < 4.78 is 0. The van der Waals surface area contributed by atoms with Gasteiger partial charge in [0.15, 0.2) is 0 Å². The van der Waals surface area contributed by atoms with Crippen LogP contribution in [0.3, 0.4) is 0 Å². The summed E-state index contributed by atoms with van der Waals surface area (Å²) in [7, 11) is 0. The minimum Gasteiger partial charge on any atom is -0.322 e. The van der Waals surface area contributed by atoms with Crippen LogP contribution >= 0.6 is 0 Å². The number of nitrogens with one attached hydrogen (secondary N) is 1. The molecule has 0 atom stereocenters. The van der Waals surface area contributed by atoms with Crippen LogP contribution in [0, 0.1) is 6.92 Å². The average molecular weight is 268 g/mol. The minimum absolute atomic E-state index is 0.0915. The second-order valence-electron chi connectivity index (χ2n) is 4.90. The van der Waals surface area contributed by atoms with Gasteiger partial charge in [-0.15, -0.1) is 0 Å². The van der Waals surface area contributed by atoms with Gasteiger partial charge in [0.1, 0.15) is 0 Å². The van der Waals surface area contributed by atoms with Crippen molar-refractivity contribution in [2.45, 2.75) is 33.6 Å². The second-order valence-corrected chi connectivity index (χ2v) is 4.90. The molecule has 0 saturated heterocycles. The summed E-state index contributed by atoms with van der Waals surface area (Å²) in [5.41, 5.74) is 4.66. The summed E-state index contributed by atoms with van der Waals surface area (Å²) in [5.74, 6) is -0.0915. The number of amides is 1. The lowest BCUT2D eigenvalue weighted by Crippen LogP contribution is -2.25. The summed E-state index contributed by atoms with van der Waals surface area (Å²) in [5, 5.41) is 3.06. The summed E-state index contributed by atoms with van der Waals surface area (Å²) in [6.07, 6.45) is 9.71. The quantitative estimate of drug-likeness (QED) is 0.908. The van der Waals surface area contributed by atoms with Crippen molar-refractivity contribution in [1.82, 2.24) is 10.3 Å². The predicted molar refractivity (Wildman–Crippen MR) is 81.3 cm³/mol. The lowest BCUT2D eigenvalue weighted by Gasteiger charge is -2.15. The maximum absolute atomic E-state index is 12.4. The van der Waals surface area contributed by atoms with Crippen LogP contribution in [0.4, 0.5) is 0 Å². The highest BCUT2D eigenvalue weighted by Crippen LogP contribution is 2.22. The van der Waals surface area contributed by atoms with E-state index in [1.165, 1.54) is 5.57 Å². The molecule has 0 spiro atoms. The summed E-state index contributed by atoms with van der Waals surface area (Å²) in [6.45, 7) is 5.99. The summed E-state index contributed by atoms with van der Waals surface area (Å²) in [4.78, 5) is 16.6. The fourth-order valence-electron chi connectivity index (χ4n) is 2.30. The smallest absolute Gasteiger partial charge is 0.257 e. The zero-order valence-corrected chi connectivity index (χ0v) is 12.2. The molecule has 3 nitrogen and oxygen atoms in total. The fourth-order valence-corrected chi connectivity index (χ4v) is 2.30. The maximum atomic E-state index is 12.4. The highest BCUT2D eigenvalue weighted by atomic mass is 16.1. The standard InChI is InChI=1S/C17H20N2O/c1-4-14-9-6-5-8-12(2)16(14)19-17(20)15-10-7-11-18-13(15)3/h5-8,10-11H,4,9H2,1-3H3,(H,19,20). The van der Waals surface area contributed by atoms with Crippen LogP contribution in [0.2, 0.25) is 0 Å². The van der Waals surface area contributed by atoms with E-state index in [9.17, 15) is 4.79 Å². The fraction of sp³-hybridized carbons (Fsp3) is 0.294. The van der Waals surface area contributed by atoms with Crippen LogP contribution in [0.15, 0.2) is 53.4 Å². The molecule has 1 aromatic heterocycles. The molecule has 0 aliphatic heterocycles. The summed E-state index contributed by atoms with van der Waals surface area (Å²) in [6, 6.07) is 3.59. The number of carbonyl (C=O) groups excluding carboxylic acids is 1. The molecule has 0 saturated carbocycles. The van der Waals surface area contributed by atoms with E-state index in [0.29, 0.717) is 5.56 Å². The van der Waals surface area contributed by atoms with Gasteiger partial charge in [-0.25, -0.2) is 0 Å². The van der Waals surface area contributed by atoms with Gasteiger partial charge >= 0.3 is 0 Å². The van der Waals surface area contributed by atoms with E-state index >= 15 is 0 Å². The van der Waals surface area contributed by atoms with Crippen molar-refractivity contribution < 1.29 is 4.79 Å². The Morgan fingerprint density at radius 2 is 2.20 bits per heavy atom. The largest absolute Gasteiger partial charge is 0.322 e. The van der Waals surface area contributed by atoms with Gasteiger partial charge in [-0.1, -0.05) is 25.2 Å². The Morgan fingerprint density at radius 3 is 2.90 bits per heavy atom. The van der Waals surface area contributed by atoms with Gasteiger partial charge in [-0.3, -0.25) is 9.78 Å². The molecule has 20 heavy (non-hydrogen) atoms. The molecule has 1 aliphatic rings. The first-order valence-corrected chi connectivity index (χ1v) is 6.92. The molecule has 1 aliphatic carbocycles. The van der Waals surface area contributed by atoms with Crippen LogP contribution < -0.4 is 5.32 Å². The lowest BCUT2D eigenvalue weighted by molar-refractivity contribution is 0.0965. The van der Waals surface area contributed by atoms with Crippen molar-refractivity contribution in [3.63, 3.8) is 0 Å². The average Bonchev–Trinajstić information content (AvgIpc) is 2.62. The Labute approximate surface area is 120 Å². The lowest BCUT2D eigenvalue weighted by atomic mass is 10.0. The highest BCUT2D eigenvalue weighted by molar-refractivity contribution is 5.96. The van der Waals surface area contributed by atoms with E-state index in [1.807, 2.05) is 26.0 Å². The number of carbonyl (C=O) groups is 1. The third-order valence-electron chi connectivity index (χ3n) is 3.51. The normalized spacial score (nSPS) is 14.8. The Balaban J connectivity index is 2.30. The molecule has 104 valence electrons. The van der Waals surface area contributed by atoms with E-state index in [-0.39, 0.29) is 5.91 Å². The monoisotopic (exact) mass is 268 g/mol. The van der Waals surface area contributed by atoms with Crippen LogP contribution in [0.1, 0.15) is 42.7 Å². The SMILES string of the molecule is CCC1=C(NC(=O)c2cccnc2C)C(C)=CC=CC1. The number of hydrogen-bond donors (Lipinski definition) is 1. The minimum atomic E-state index is -0.0915. The van der Waals surface area contributed by atoms with Gasteiger partial charge in [0.2, 0.25) is 0 Å². The van der Waals surface area contributed by atoms with Gasteiger partial charge in [0, 0.05) is 17.6 Å². The van der Waals surface area contributed by atoms with E-state index in [4.69, 9.17) is 0 Å². The number of aryl methyl sites for hydroxylation is 1. The van der Waals surface area contributed by atoms with Crippen LogP contribution in [0.25, 0.3) is 0 Å². The Kier molecular flexibility index (Phi) is 4.51. The van der Waals surface area contributed by atoms with Crippen molar-refractivity contribution in [1.29, 1.82) is 0 Å². The first-order valence-electron chi connectivity index (χ1n) is 6.92. The Hall–Kier alpha value is -2.16. The molecule has 0 radical (unpaired) electrons. The third kappa shape index (κ3) is 3.05. The number of aromatic nitrogens is 1. The maximum Gasteiger partial charge on any atom is 0.257 e. The third-order valence-corrected chi connectivity index (χ3v) is 3.51. The molecule has 1 heterocycles. The van der Waals surface area contributed by atoms with Crippen LogP contribution in [-0.4, -0.2) is 10.9 Å². The zero-order chi connectivity index (χ0) is 14.5. The van der Waals surface area contributed by atoms with Crippen LogP contribution in [-0.2, 0) is 0 Å². The first-order chi connectivity index (χ1) is 9.63. The molecular formula is C17H20N2O. The molecule has 2 rings (SSSR count). The molecule has 0 bridgehead atoms. The van der Waals surface area contributed by atoms with Crippen molar-refractivity contribution in [3.05, 3.63) is 64.7 Å². The molecule has 1 aromatic rings. The molecule has 0 aromatic carbocycles. The molecule has 1 N–H and O–H groups in total. The van der Waals surface area contributed by atoms with Gasteiger partial charge in [0.05, 0.1) is 5.56 Å². The predicted octanol–water partition coefficient (Wildman–Crippen LogP) is 3.69. The van der Waals surface area contributed by atoms with Crippen molar-refractivity contribution in [2.75, 3.05) is 0 Å². The number of allylic oxidation sites excluding steroid dienone is 5. The first kappa shape index (κ1) is 14.3. The zero-order valence-electron chi connectivity index (χ0n) is 12.2. The molecule has 0 fully saturated rings. The van der Waals surface area contributed by atoms with E-state index < -0.39 is 0 Å². The summed E-state index contributed by atoms with van der Waals surface area (Å²) >= 11 is 0. The Morgan fingerprint density at radius 1 is 1.40 bits per heavy atom. The second kappa shape index (κ2) is 6.33. The van der Waals surface area contributed by atoms with Crippen LogP contribution in [0.5, 0.6) is 0 Å². The molecule has 3 heteroatoms. The van der Waals surface area contributed by atoms with E-state index in [1.54, 1.807) is 18.3 Å². The van der Waals surface area contributed by atoms with E-state index in [0.717, 1.165) is 29.8 Å². The number of hydrogen-bond acceptors (Lipinski definition) is 2. The van der Waals surface area contributed by atoms with Crippen molar-refractivity contribution in [3.8, 4) is 0 Å². The van der Waals surface area contributed by atoms with Gasteiger partial charge < -0.3 is 5.32 Å². The van der Waals surface area contributed by atoms with Gasteiger partial charge in [-0.2, -0.15) is 0 Å². The van der Waals surface area contributed by atoms with Gasteiger partial charge in [0.25, 0.3) is 5.91 Å². The molecule has 0 unspecified atom stereocenters. The van der Waals surface area contributed by atoms with Crippen molar-refractivity contribution in [2.24, 2.45) is 0 Å². The highest BCUT2D eigenvalue weighted by Gasteiger charge is 2.15. The number of pyridine rings is 1.